The number of nitrogens with zero attached hydrogens (tertiary/aromatic N) is 1. The molecular formula is C21H23BrN2O2S. The molecule has 1 N–H and O–H groups in total. The van der Waals surface area contributed by atoms with Gasteiger partial charge in [-0.05, 0) is 49.6 Å². The fourth-order valence-electron chi connectivity index (χ4n) is 3.11. The summed E-state index contributed by atoms with van der Waals surface area (Å²) in [7, 11) is 0. The molecule has 4 nitrogen and oxygen atoms in total. The van der Waals surface area contributed by atoms with Crippen molar-refractivity contribution in [3.63, 3.8) is 0 Å². The van der Waals surface area contributed by atoms with Crippen LogP contribution in [0.2, 0.25) is 0 Å². The molecule has 1 heterocycles. The molecular weight excluding hydrogens is 424 g/mol. The fourth-order valence-corrected chi connectivity index (χ4v) is 4.48. The highest BCUT2D eigenvalue weighted by atomic mass is 79.9. The molecule has 0 saturated carbocycles. The van der Waals surface area contributed by atoms with Gasteiger partial charge in [0.25, 0.3) is 5.91 Å². The van der Waals surface area contributed by atoms with Gasteiger partial charge < -0.3 is 10.2 Å². The number of carbonyl (C=O) groups is 2. The van der Waals surface area contributed by atoms with E-state index in [1.54, 1.807) is 0 Å². The lowest BCUT2D eigenvalue weighted by Crippen LogP contribution is -2.29. The number of hydrogen-bond acceptors (Lipinski definition) is 3. The summed E-state index contributed by atoms with van der Waals surface area (Å²) < 4.78 is 0.984. The van der Waals surface area contributed by atoms with Crippen molar-refractivity contribution in [2.75, 3.05) is 18.8 Å². The van der Waals surface area contributed by atoms with Crippen LogP contribution >= 0.6 is 27.7 Å². The first-order valence-corrected chi connectivity index (χ1v) is 10.9. The number of thioether (sulfide) groups is 1. The number of amides is 2. The van der Waals surface area contributed by atoms with Crippen LogP contribution in [0.1, 0.15) is 41.7 Å². The molecule has 2 amide bonds. The Kier molecular flexibility index (Phi) is 6.96. The van der Waals surface area contributed by atoms with Crippen LogP contribution < -0.4 is 5.32 Å². The van der Waals surface area contributed by atoms with Gasteiger partial charge in [-0.2, -0.15) is 0 Å². The van der Waals surface area contributed by atoms with Crippen LogP contribution in [0.15, 0.2) is 57.9 Å². The van der Waals surface area contributed by atoms with Gasteiger partial charge in [-0.1, -0.05) is 40.2 Å². The van der Waals surface area contributed by atoms with Gasteiger partial charge in [-0.25, -0.2) is 0 Å². The van der Waals surface area contributed by atoms with Crippen LogP contribution in [0.5, 0.6) is 0 Å². The first kappa shape index (κ1) is 20.0. The lowest BCUT2D eigenvalue weighted by Gasteiger charge is -2.17. The number of rotatable bonds is 6. The highest BCUT2D eigenvalue weighted by molar-refractivity contribution is 9.10. The van der Waals surface area contributed by atoms with Crippen LogP contribution in [0.4, 0.5) is 0 Å². The minimum Gasteiger partial charge on any atom is -0.345 e. The van der Waals surface area contributed by atoms with Crippen molar-refractivity contribution in [2.45, 2.75) is 30.7 Å². The normalized spacial score (nSPS) is 14.8. The highest BCUT2D eigenvalue weighted by Crippen LogP contribution is 2.25. The van der Waals surface area contributed by atoms with Crippen LogP contribution in [-0.2, 0) is 4.79 Å². The zero-order valence-corrected chi connectivity index (χ0v) is 17.7. The minimum atomic E-state index is -0.126. The Hall–Kier alpha value is -1.79. The largest absolute Gasteiger partial charge is 0.345 e. The second-order valence-electron chi connectivity index (χ2n) is 6.62. The Labute approximate surface area is 172 Å². The molecule has 27 heavy (non-hydrogen) atoms. The maximum absolute atomic E-state index is 12.8. The molecule has 0 bridgehead atoms. The number of benzene rings is 2. The summed E-state index contributed by atoms with van der Waals surface area (Å²) in [6.45, 7) is 3.67. The van der Waals surface area contributed by atoms with Gasteiger partial charge >= 0.3 is 0 Å². The monoisotopic (exact) mass is 446 g/mol. The van der Waals surface area contributed by atoms with E-state index in [9.17, 15) is 9.59 Å². The number of nitrogens with one attached hydrogen (secondary N) is 1. The zero-order chi connectivity index (χ0) is 19.2. The van der Waals surface area contributed by atoms with E-state index in [-0.39, 0.29) is 17.9 Å². The Morgan fingerprint density at radius 2 is 1.89 bits per heavy atom. The van der Waals surface area contributed by atoms with Crippen LogP contribution in [0, 0.1) is 0 Å². The molecule has 1 aliphatic rings. The molecule has 142 valence electrons. The molecule has 1 saturated heterocycles. The molecule has 1 aliphatic heterocycles. The van der Waals surface area contributed by atoms with Crippen molar-refractivity contribution in [3.8, 4) is 0 Å². The van der Waals surface area contributed by atoms with Crippen LogP contribution in [0.25, 0.3) is 0 Å². The standard InChI is InChI=1S/C21H23BrN2O2S/c1-15(16-7-6-8-17(22)13-16)23-21(26)18-9-2-3-10-19(18)27-14-20(25)24-11-4-5-12-24/h2-3,6-10,13,15H,4-5,11-12,14H2,1H3,(H,23,26). The van der Waals surface area contributed by atoms with E-state index >= 15 is 0 Å². The molecule has 0 spiro atoms. The lowest BCUT2D eigenvalue weighted by molar-refractivity contribution is -0.127. The predicted molar refractivity (Wildman–Crippen MR) is 113 cm³/mol. The number of hydrogen-bond donors (Lipinski definition) is 1. The zero-order valence-electron chi connectivity index (χ0n) is 15.3. The summed E-state index contributed by atoms with van der Waals surface area (Å²) in [5.41, 5.74) is 1.64. The van der Waals surface area contributed by atoms with E-state index in [2.05, 4.69) is 21.2 Å². The molecule has 0 aliphatic carbocycles. The summed E-state index contributed by atoms with van der Waals surface area (Å²) >= 11 is 4.90. The van der Waals surface area contributed by atoms with Gasteiger partial charge in [-0.15, -0.1) is 11.8 Å². The Balaban J connectivity index is 1.65. The molecule has 0 aromatic heterocycles. The Morgan fingerprint density at radius 3 is 2.63 bits per heavy atom. The second-order valence-corrected chi connectivity index (χ2v) is 8.56. The van der Waals surface area contributed by atoms with Crippen LogP contribution in [-0.4, -0.2) is 35.6 Å². The maximum atomic E-state index is 12.8. The SMILES string of the molecule is CC(NC(=O)c1ccccc1SCC(=O)N1CCCC1)c1cccc(Br)c1. The third-order valence-corrected chi connectivity index (χ3v) is 6.19. The third kappa shape index (κ3) is 5.36. The fraction of sp³-hybridized carbons (Fsp3) is 0.333. The quantitative estimate of drug-likeness (QED) is 0.656. The van der Waals surface area contributed by atoms with E-state index in [1.165, 1.54) is 11.8 Å². The summed E-state index contributed by atoms with van der Waals surface area (Å²) in [6, 6.07) is 15.3. The van der Waals surface area contributed by atoms with Crippen molar-refractivity contribution in [1.29, 1.82) is 0 Å². The lowest BCUT2D eigenvalue weighted by atomic mass is 10.1. The average molecular weight is 447 g/mol. The molecule has 6 heteroatoms. The van der Waals surface area contributed by atoms with Gasteiger partial charge in [0, 0.05) is 22.5 Å². The minimum absolute atomic E-state index is 0.112. The van der Waals surface area contributed by atoms with Crippen LogP contribution in [0.3, 0.4) is 0 Å². The first-order chi connectivity index (χ1) is 13.0. The van der Waals surface area contributed by atoms with Crippen molar-refractivity contribution in [2.24, 2.45) is 0 Å². The molecule has 2 aromatic carbocycles. The number of halogens is 1. The second kappa shape index (κ2) is 9.42. The van der Waals surface area contributed by atoms with E-state index in [0.29, 0.717) is 11.3 Å². The molecule has 2 aromatic rings. The summed E-state index contributed by atoms with van der Waals surface area (Å²) in [5, 5.41) is 3.05. The Bertz CT molecular complexity index is 821. The highest BCUT2D eigenvalue weighted by Gasteiger charge is 2.20. The van der Waals surface area contributed by atoms with E-state index < -0.39 is 0 Å². The number of likely N-dealkylation sites (tertiary alicyclic amines) is 1. The van der Waals surface area contributed by atoms with E-state index in [4.69, 9.17) is 0 Å². The van der Waals surface area contributed by atoms with Gasteiger partial charge in [0.2, 0.25) is 5.91 Å². The number of carbonyl (C=O) groups excluding carboxylic acids is 2. The predicted octanol–water partition coefficient (Wildman–Crippen LogP) is 4.65. The smallest absolute Gasteiger partial charge is 0.252 e. The summed E-state index contributed by atoms with van der Waals surface area (Å²) in [4.78, 5) is 27.8. The molecule has 1 unspecified atom stereocenters. The van der Waals surface area contributed by atoms with Gasteiger partial charge in [0.15, 0.2) is 0 Å². The van der Waals surface area contributed by atoms with Crippen molar-refractivity contribution < 1.29 is 9.59 Å². The van der Waals surface area contributed by atoms with Crippen molar-refractivity contribution in [3.05, 3.63) is 64.1 Å². The Morgan fingerprint density at radius 1 is 1.15 bits per heavy atom. The molecule has 1 atom stereocenters. The molecule has 1 fully saturated rings. The van der Waals surface area contributed by atoms with Gasteiger partial charge in [-0.3, -0.25) is 9.59 Å². The molecule has 3 rings (SSSR count). The summed E-state index contributed by atoms with van der Waals surface area (Å²) in [5.74, 6) is 0.389. The van der Waals surface area contributed by atoms with Crippen molar-refractivity contribution in [1.82, 2.24) is 10.2 Å². The average Bonchev–Trinajstić information content (AvgIpc) is 3.21. The molecule has 0 radical (unpaired) electrons. The first-order valence-electron chi connectivity index (χ1n) is 9.10. The van der Waals surface area contributed by atoms with Gasteiger partial charge in [0.1, 0.15) is 0 Å². The van der Waals surface area contributed by atoms with E-state index in [1.807, 2.05) is 60.4 Å². The third-order valence-electron chi connectivity index (χ3n) is 4.64. The van der Waals surface area contributed by atoms with E-state index in [0.717, 1.165) is 40.9 Å². The summed E-state index contributed by atoms with van der Waals surface area (Å²) in [6.07, 6.45) is 2.17. The van der Waals surface area contributed by atoms with Gasteiger partial charge in [0.05, 0.1) is 17.4 Å². The van der Waals surface area contributed by atoms with Crippen molar-refractivity contribution >= 4 is 39.5 Å². The topological polar surface area (TPSA) is 49.4 Å². The maximum Gasteiger partial charge on any atom is 0.252 e.